The smallest absolute Gasteiger partial charge is 0.126 e. The average Bonchev–Trinajstić information content (AvgIpc) is 2.31. The number of pyridine rings is 1. The number of anilines is 1. The number of nitrogens with two attached hydrogens (primary N) is 1. The van der Waals surface area contributed by atoms with E-state index in [1.165, 1.54) is 0 Å². The van der Waals surface area contributed by atoms with Crippen LogP contribution in [-0.4, -0.2) is 9.55 Å². The molecule has 56 valence electrons. The van der Waals surface area contributed by atoms with Crippen molar-refractivity contribution < 1.29 is 0 Å². The highest BCUT2D eigenvalue weighted by atomic mass is 15.0. The molecule has 0 aromatic rings. The molecule has 2 aliphatic rings. The fourth-order valence-corrected chi connectivity index (χ4v) is 1.19. The van der Waals surface area contributed by atoms with Crippen molar-refractivity contribution in [3.05, 3.63) is 24.4 Å². The predicted molar refractivity (Wildman–Crippen MR) is 44.2 cm³/mol. The Bertz CT molecular complexity index is 351. The van der Waals surface area contributed by atoms with E-state index in [2.05, 4.69) is 4.98 Å². The highest BCUT2D eigenvalue weighted by Gasteiger charge is 2.06. The maximum atomic E-state index is 5.54. The summed E-state index contributed by atoms with van der Waals surface area (Å²) >= 11 is 0. The monoisotopic (exact) mass is 147 g/mol. The summed E-state index contributed by atoms with van der Waals surface area (Å²) in [6, 6.07) is 5.77. The van der Waals surface area contributed by atoms with Gasteiger partial charge in [0.25, 0.3) is 0 Å². The van der Waals surface area contributed by atoms with Gasteiger partial charge in [-0.3, -0.25) is 0 Å². The second kappa shape index (κ2) is 1.99. The van der Waals surface area contributed by atoms with Crippen LogP contribution in [0.15, 0.2) is 24.4 Å². The van der Waals surface area contributed by atoms with E-state index < -0.39 is 0 Å². The third-order valence-corrected chi connectivity index (χ3v) is 1.74. The second-order valence-electron chi connectivity index (χ2n) is 2.57. The van der Waals surface area contributed by atoms with Gasteiger partial charge in [-0.05, 0) is 12.1 Å². The van der Waals surface area contributed by atoms with E-state index in [1.54, 1.807) is 0 Å². The molecule has 2 heterocycles. The molecule has 11 heavy (non-hydrogen) atoms. The Labute approximate surface area is 64.8 Å². The Morgan fingerprint density at radius 1 is 1.55 bits per heavy atom. The Morgan fingerprint density at radius 3 is 3.09 bits per heavy atom. The molecule has 0 atom stereocenters. The Kier molecular flexibility index (Phi) is 1.12. The standard InChI is InChI=1S/C8H9N3/c1-11-4-2-3-6-7(11)5-8(9)10-6/h2-5H,1H3,(H2,9,10). The molecule has 0 spiro atoms. The number of aryl methyl sites for hydroxylation is 1. The van der Waals surface area contributed by atoms with E-state index >= 15 is 0 Å². The quantitative estimate of drug-likeness (QED) is 0.606. The molecule has 2 N–H and O–H groups in total. The van der Waals surface area contributed by atoms with Crippen LogP contribution >= 0.6 is 0 Å². The first-order valence-electron chi connectivity index (χ1n) is 3.45. The van der Waals surface area contributed by atoms with Crippen LogP contribution in [0.3, 0.4) is 0 Å². The molecule has 0 saturated carbocycles. The van der Waals surface area contributed by atoms with Crippen LogP contribution in [0.4, 0.5) is 5.82 Å². The van der Waals surface area contributed by atoms with Crippen LogP contribution in [0.25, 0.3) is 11.4 Å². The zero-order valence-corrected chi connectivity index (χ0v) is 6.28. The lowest BCUT2D eigenvalue weighted by atomic mass is 10.3. The number of hydrogen-bond donors (Lipinski definition) is 1. The lowest BCUT2D eigenvalue weighted by Crippen LogP contribution is -1.93. The molecule has 0 aromatic heterocycles. The molecular formula is C8H9N3. The van der Waals surface area contributed by atoms with Crippen molar-refractivity contribution in [1.82, 2.24) is 9.55 Å². The van der Waals surface area contributed by atoms with Gasteiger partial charge in [0.05, 0.1) is 11.4 Å². The van der Waals surface area contributed by atoms with Crippen LogP contribution in [0.2, 0.25) is 0 Å². The molecule has 0 aliphatic carbocycles. The van der Waals surface area contributed by atoms with Crippen molar-refractivity contribution in [2.45, 2.75) is 0 Å². The predicted octanol–water partition coefficient (Wildman–Crippen LogP) is 1.11. The van der Waals surface area contributed by atoms with Crippen molar-refractivity contribution in [1.29, 1.82) is 0 Å². The van der Waals surface area contributed by atoms with Crippen LogP contribution < -0.4 is 5.73 Å². The van der Waals surface area contributed by atoms with Gasteiger partial charge in [0.15, 0.2) is 0 Å². The number of aromatic nitrogens is 2. The lowest BCUT2D eigenvalue weighted by Gasteiger charge is -2.02. The van der Waals surface area contributed by atoms with Crippen molar-refractivity contribution in [3.63, 3.8) is 0 Å². The normalized spacial score (nSPS) is 10.6. The van der Waals surface area contributed by atoms with Crippen LogP contribution in [0.1, 0.15) is 0 Å². The van der Waals surface area contributed by atoms with Crippen molar-refractivity contribution in [2.24, 2.45) is 7.05 Å². The summed E-state index contributed by atoms with van der Waals surface area (Å²) in [5, 5.41) is 0. The van der Waals surface area contributed by atoms with E-state index in [1.807, 2.05) is 36.0 Å². The van der Waals surface area contributed by atoms with Gasteiger partial charge >= 0.3 is 0 Å². The van der Waals surface area contributed by atoms with Crippen molar-refractivity contribution in [2.75, 3.05) is 5.73 Å². The molecule has 0 saturated heterocycles. The maximum absolute atomic E-state index is 5.54. The Balaban J connectivity index is 2.78. The highest BCUT2D eigenvalue weighted by molar-refractivity contribution is 5.63. The summed E-state index contributed by atoms with van der Waals surface area (Å²) in [6.45, 7) is 0. The fraction of sp³-hybridized carbons (Fsp3) is 0.125. The van der Waals surface area contributed by atoms with Gasteiger partial charge in [-0.2, -0.15) is 0 Å². The molecule has 0 amide bonds. The fourth-order valence-electron chi connectivity index (χ4n) is 1.19. The van der Waals surface area contributed by atoms with E-state index in [0.717, 1.165) is 11.4 Å². The number of hydrogen-bond acceptors (Lipinski definition) is 2. The molecule has 0 unspecified atom stereocenters. The Morgan fingerprint density at radius 2 is 2.36 bits per heavy atom. The third-order valence-electron chi connectivity index (χ3n) is 1.74. The first-order valence-corrected chi connectivity index (χ1v) is 3.45. The third kappa shape index (κ3) is 0.852. The van der Waals surface area contributed by atoms with E-state index in [4.69, 9.17) is 5.73 Å². The average molecular weight is 147 g/mol. The molecule has 3 heteroatoms. The minimum Gasteiger partial charge on any atom is -0.384 e. The van der Waals surface area contributed by atoms with Gasteiger partial charge in [-0.25, -0.2) is 4.98 Å². The van der Waals surface area contributed by atoms with Crippen molar-refractivity contribution in [3.8, 4) is 11.4 Å². The second-order valence-corrected chi connectivity index (χ2v) is 2.57. The van der Waals surface area contributed by atoms with E-state index in [9.17, 15) is 0 Å². The van der Waals surface area contributed by atoms with Crippen molar-refractivity contribution >= 4 is 5.82 Å². The molecular weight excluding hydrogens is 138 g/mol. The SMILES string of the molecule is Cn1cccc2nc(N)cc1-2. The van der Waals surface area contributed by atoms with Gasteiger partial charge in [0.2, 0.25) is 0 Å². The van der Waals surface area contributed by atoms with Gasteiger partial charge in [-0.1, -0.05) is 0 Å². The summed E-state index contributed by atoms with van der Waals surface area (Å²) in [6.07, 6.45) is 1.98. The van der Waals surface area contributed by atoms with Gasteiger partial charge in [-0.15, -0.1) is 0 Å². The van der Waals surface area contributed by atoms with Gasteiger partial charge < -0.3 is 10.3 Å². The van der Waals surface area contributed by atoms with Crippen LogP contribution in [-0.2, 0) is 7.05 Å². The molecule has 0 radical (unpaired) electrons. The molecule has 2 rings (SSSR count). The summed E-state index contributed by atoms with van der Waals surface area (Å²) in [5.41, 5.74) is 7.56. The summed E-state index contributed by atoms with van der Waals surface area (Å²) in [7, 11) is 1.98. The summed E-state index contributed by atoms with van der Waals surface area (Å²) < 4.78 is 2.00. The Hall–Kier alpha value is -1.51. The maximum Gasteiger partial charge on any atom is 0.126 e. The minimum absolute atomic E-state index is 0.585. The zero-order chi connectivity index (χ0) is 7.84. The van der Waals surface area contributed by atoms with E-state index in [0.29, 0.717) is 5.82 Å². The summed E-state index contributed by atoms with van der Waals surface area (Å²) in [5.74, 6) is 0.585. The molecule has 0 aromatic carbocycles. The van der Waals surface area contributed by atoms with Crippen LogP contribution in [0, 0.1) is 0 Å². The molecule has 3 nitrogen and oxygen atoms in total. The van der Waals surface area contributed by atoms with Crippen LogP contribution in [0.5, 0.6) is 0 Å². The molecule has 0 bridgehead atoms. The van der Waals surface area contributed by atoms with Gasteiger partial charge in [0.1, 0.15) is 5.82 Å². The zero-order valence-electron chi connectivity index (χ0n) is 6.28. The van der Waals surface area contributed by atoms with Gasteiger partial charge in [0, 0.05) is 19.3 Å². The number of fused-ring (bicyclic) bond motifs is 1. The number of nitrogen functional groups attached to an aromatic ring is 1. The van der Waals surface area contributed by atoms with E-state index in [-0.39, 0.29) is 0 Å². The number of nitrogens with zero attached hydrogens (tertiary/aromatic N) is 2. The minimum atomic E-state index is 0.585. The first kappa shape index (κ1) is 6.22. The highest BCUT2D eigenvalue weighted by Crippen LogP contribution is 2.21. The lowest BCUT2D eigenvalue weighted by molar-refractivity contribution is 0.913. The topological polar surface area (TPSA) is 43.8 Å². The molecule has 0 fully saturated rings. The summed E-state index contributed by atoms with van der Waals surface area (Å²) in [4.78, 5) is 4.13. The molecule has 2 aliphatic heterocycles. The first-order chi connectivity index (χ1) is 5.27. The number of rotatable bonds is 0. The largest absolute Gasteiger partial charge is 0.384 e.